The minimum atomic E-state index is -0.367. The Kier molecular flexibility index (Phi) is 21.5. The topological polar surface area (TPSA) is 95.8 Å². The van der Waals surface area contributed by atoms with Crippen molar-refractivity contribution >= 4 is 35.7 Å². The van der Waals surface area contributed by atoms with Crippen LogP contribution in [-0.4, -0.2) is 50.8 Å². The molecule has 4 rings (SSSR count). The summed E-state index contributed by atoms with van der Waals surface area (Å²) < 4.78 is 22.8. The molecular formula is C50H64N2O6. The molecule has 0 aromatic heterocycles. The Morgan fingerprint density at radius 1 is 0.483 bits per heavy atom. The molecule has 0 saturated carbocycles. The Bertz CT molecular complexity index is 1650. The van der Waals surface area contributed by atoms with E-state index in [-0.39, 0.29) is 31.1 Å². The van der Waals surface area contributed by atoms with Crippen molar-refractivity contribution in [1.82, 2.24) is 0 Å². The molecular weight excluding hydrogens is 725 g/mol. The van der Waals surface area contributed by atoms with Gasteiger partial charge >= 0.3 is 11.9 Å². The van der Waals surface area contributed by atoms with Crippen molar-refractivity contribution in [2.24, 2.45) is 15.9 Å². The monoisotopic (exact) mass is 788 g/mol. The molecule has 0 aliphatic carbocycles. The maximum atomic E-state index is 12.6. The van der Waals surface area contributed by atoms with Crippen molar-refractivity contribution < 1.29 is 28.5 Å². The summed E-state index contributed by atoms with van der Waals surface area (Å²) in [6.07, 6.45) is 19.8. The highest BCUT2D eigenvalue weighted by Crippen LogP contribution is 2.21. The van der Waals surface area contributed by atoms with Gasteiger partial charge in [-0.25, -0.2) is 9.59 Å². The van der Waals surface area contributed by atoms with Gasteiger partial charge in [0, 0.05) is 12.4 Å². The van der Waals surface area contributed by atoms with Crippen molar-refractivity contribution in [1.29, 1.82) is 0 Å². The Hall–Kier alpha value is -5.24. The van der Waals surface area contributed by atoms with Crippen LogP contribution in [0.3, 0.4) is 0 Å². The third kappa shape index (κ3) is 18.4. The summed E-state index contributed by atoms with van der Waals surface area (Å²) in [5.41, 5.74) is 4.40. The second-order valence-electron chi connectivity index (χ2n) is 14.9. The first kappa shape index (κ1) is 45.5. The zero-order valence-electron chi connectivity index (χ0n) is 35.0. The van der Waals surface area contributed by atoms with Crippen LogP contribution in [0, 0.1) is 5.92 Å². The van der Waals surface area contributed by atoms with Crippen molar-refractivity contribution in [2.75, 3.05) is 26.4 Å². The number of ether oxygens (including phenoxy) is 4. The third-order valence-electron chi connectivity index (χ3n) is 9.91. The molecule has 0 atom stereocenters. The van der Waals surface area contributed by atoms with Gasteiger partial charge in [0.1, 0.15) is 11.5 Å². The van der Waals surface area contributed by atoms with Gasteiger partial charge in [-0.15, -0.1) is 0 Å². The molecule has 4 aromatic rings. The van der Waals surface area contributed by atoms with Crippen LogP contribution in [0.1, 0.15) is 143 Å². The lowest BCUT2D eigenvalue weighted by atomic mass is 10.1. The Morgan fingerprint density at radius 3 is 1.22 bits per heavy atom. The van der Waals surface area contributed by atoms with Gasteiger partial charge in [0.25, 0.3) is 0 Å². The van der Waals surface area contributed by atoms with Gasteiger partial charge in [-0.3, -0.25) is 9.98 Å². The quantitative estimate of drug-likeness (QED) is 0.0323. The molecule has 0 fully saturated rings. The number of unbranched alkanes of at least 4 members (excludes halogenated alkanes) is 10. The average Bonchev–Trinajstić information content (AvgIpc) is 3.25. The van der Waals surface area contributed by atoms with Gasteiger partial charge in [-0.2, -0.15) is 0 Å². The van der Waals surface area contributed by atoms with Gasteiger partial charge in [0.2, 0.25) is 0 Å². The first-order valence-electron chi connectivity index (χ1n) is 21.5. The predicted octanol–water partition coefficient (Wildman–Crippen LogP) is 13.1. The minimum Gasteiger partial charge on any atom is -0.494 e. The third-order valence-corrected chi connectivity index (χ3v) is 9.91. The molecule has 0 unspecified atom stereocenters. The first-order chi connectivity index (χ1) is 28.4. The lowest BCUT2D eigenvalue weighted by Crippen LogP contribution is -2.12. The van der Waals surface area contributed by atoms with Gasteiger partial charge in [0.15, 0.2) is 0 Å². The summed E-state index contributed by atoms with van der Waals surface area (Å²) in [4.78, 5) is 34.4. The van der Waals surface area contributed by atoms with Crippen LogP contribution in [-0.2, 0) is 9.47 Å². The molecule has 0 heterocycles. The molecule has 0 amide bonds. The standard InChI is InChI=1S/C50H64N2O6/c1-4-6-8-10-12-14-34-55-47-28-24-45(25-29-47)51-38-41-16-20-43(21-17-41)49(53)57-36-32-40(3)33-37-58-50(54)44-22-18-42(19-23-44)39-52-46-26-30-48(31-27-46)56-35-15-13-11-9-7-5-2/h16-31,38-40H,4-15,32-37H2,1-3H3. The predicted molar refractivity (Wildman–Crippen MR) is 237 cm³/mol. The van der Waals surface area contributed by atoms with Crippen LogP contribution >= 0.6 is 0 Å². The summed E-state index contributed by atoms with van der Waals surface area (Å²) in [6.45, 7) is 8.57. The van der Waals surface area contributed by atoms with Crippen LogP contribution in [0.15, 0.2) is 107 Å². The molecule has 4 aromatic carbocycles. The number of carbonyl (C=O) groups excluding carboxylic acids is 2. The molecule has 8 heteroatoms. The summed E-state index contributed by atoms with van der Waals surface area (Å²) in [7, 11) is 0. The number of rotatable bonds is 28. The fourth-order valence-electron chi connectivity index (χ4n) is 6.13. The highest BCUT2D eigenvalue weighted by molar-refractivity contribution is 5.92. The number of hydrogen-bond acceptors (Lipinski definition) is 8. The van der Waals surface area contributed by atoms with E-state index in [1.165, 1.54) is 64.2 Å². The summed E-state index contributed by atoms with van der Waals surface area (Å²) in [5, 5.41) is 0. The van der Waals surface area contributed by atoms with E-state index in [9.17, 15) is 9.59 Å². The lowest BCUT2D eigenvalue weighted by molar-refractivity contribution is 0.0450. The van der Waals surface area contributed by atoms with E-state index in [0.717, 1.165) is 60.1 Å². The van der Waals surface area contributed by atoms with E-state index >= 15 is 0 Å². The first-order valence-corrected chi connectivity index (χ1v) is 21.5. The zero-order chi connectivity index (χ0) is 41.0. The largest absolute Gasteiger partial charge is 0.494 e. The molecule has 0 aliphatic heterocycles. The molecule has 0 aliphatic rings. The van der Waals surface area contributed by atoms with E-state index in [1.807, 2.05) is 72.8 Å². The highest BCUT2D eigenvalue weighted by Gasteiger charge is 2.11. The van der Waals surface area contributed by atoms with Gasteiger partial charge in [0.05, 0.1) is 48.9 Å². The fraction of sp³-hybridized carbons (Fsp3) is 0.440. The number of hydrogen-bond donors (Lipinski definition) is 0. The van der Waals surface area contributed by atoms with Crippen molar-refractivity contribution in [3.63, 3.8) is 0 Å². The molecule has 0 bridgehead atoms. The number of aliphatic imine (C=N–C) groups is 2. The molecule has 8 nitrogen and oxygen atoms in total. The average molecular weight is 789 g/mol. The second-order valence-corrected chi connectivity index (χ2v) is 14.9. The van der Waals surface area contributed by atoms with E-state index in [1.54, 1.807) is 36.7 Å². The van der Waals surface area contributed by atoms with Crippen molar-refractivity contribution in [3.05, 3.63) is 119 Å². The smallest absolute Gasteiger partial charge is 0.338 e. The van der Waals surface area contributed by atoms with Gasteiger partial charge in [-0.05, 0) is 116 Å². The zero-order valence-corrected chi connectivity index (χ0v) is 35.0. The van der Waals surface area contributed by atoms with Crippen LogP contribution < -0.4 is 9.47 Å². The minimum absolute atomic E-state index is 0.208. The Labute approximate surface area is 347 Å². The van der Waals surface area contributed by atoms with Crippen molar-refractivity contribution in [3.8, 4) is 11.5 Å². The van der Waals surface area contributed by atoms with Gasteiger partial charge in [-0.1, -0.05) is 109 Å². The summed E-state index contributed by atoms with van der Waals surface area (Å²) >= 11 is 0. The molecule has 0 radical (unpaired) electrons. The van der Waals surface area contributed by atoms with E-state index in [0.29, 0.717) is 24.0 Å². The molecule has 0 saturated heterocycles. The number of carbonyl (C=O) groups is 2. The maximum Gasteiger partial charge on any atom is 0.338 e. The van der Waals surface area contributed by atoms with Crippen LogP contribution in [0.2, 0.25) is 0 Å². The van der Waals surface area contributed by atoms with Crippen LogP contribution in [0.4, 0.5) is 11.4 Å². The fourth-order valence-corrected chi connectivity index (χ4v) is 6.13. The van der Waals surface area contributed by atoms with E-state index < -0.39 is 0 Å². The van der Waals surface area contributed by atoms with Crippen LogP contribution in [0.5, 0.6) is 11.5 Å². The summed E-state index contributed by atoms with van der Waals surface area (Å²) in [5.74, 6) is 1.19. The van der Waals surface area contributed by atoms with E-state index in [4.69, 9.17) is 18.9 Å². The number of esters is 2. The maximum absolute atomic E-state index is 12.6. The molecule has 0 spiro atoms. The molecule has 310 valence electrons. The normalized spacial score (nSPS) is 11.8. The molecule has 0 N–H and O–H groups in total. The SMILES string of the molecule is CCCCCCCCOc1ccc(N=Cc2ccc(C(=O)OCCC(C)CCOC(=O)c3ccc(C=Nc4ccc(OCCCCCCCC)cc4)cc3)cc2)cc1. The number of nitrogens with zero attached hydrogens (tertiary/aromatic N) is 2. The Morgan fingerprint density at radius 2 is 0.845 bits per heavy atom. The number of benzene rings is 4. The molecule has 58 heavy (non-hydrogen) atoms. The van der Waals surface area contributed by atoms with Crippen LogP contribution in [0.25, 0.3) is 0 Å². The second kappa shape index (κ2) is 27.4. The van der Waals surface area contributed by atoms with Crippen molar-refractivity contribution in [2.45, 2.75) is 111 Å². The van der Waals surface area contributed by atoms with Gasteiger partial charge < -0.3 is 18.9 Å². The summed E-state index contributed by atoms with van der Waals surface area (Å²) in [6, 6.07) is 29.9. The lowest BCUT2D eigenvalue weighted by Gasteiger charge is -2.12. The highest BCUT2D eigenvalue weighted by atomic mass is 16.5. The van der Waals surface area contributed by atoms with E-state index in [2.05, 4.69) is 30.8 Å². The Balaban J connectivity index is 1.06.